The molecule has 28 heavy (non-hydrogen) atoms. The van der Waals surface area contributed by atoms with E-state index in [-0.39, 0.29) is 30.1 Å². The molecule has 2 aromatic rings. The van der Waals surface area contributed by atoms with Gasteiger partial charge >= 0.3 is 0 Å². The number of aromatic nitrogens is 1. The fraction of sp³-hybridized carbons (Fsp3) is 0.429. The number of hydrogen-bond donors (Lipinski definition) is 2. The van der Waals surface area contributed by atoms with Crippen LogP contribution in [0.4, 0.5) is 0 Å². The Morgan fingerprint density at radius 3 is 2.61 bits per heavy atom. The van der Waals surface area contributed by atoms with Crippen molar-refractivity contribution in [2.75, 3.05) is 26.2 Å². The molecule has 6 nitrogen and oxygen atoms in total. The number of piperidine rings is 1. The zero-order valence-electron chi connectivity index (χ0n) is 16.5. The van der Waals surface area contributed by atoms with Gasteiger partial charge in [0.25, 0.3) is 5.91 Å². The quantitative estimate of drug-likeness (QED) is 0.803. The lowest BCUT2D eigenvalue weighted by Gasteiger charge is -2.32. The average molecular weight is 405 g/mol. The van der Waals surface area contributed by atoms with Crippen molar-refractivity contribution >= 4 is 24.2 Å². The van der Waals surface area contributed by atoms with Crippen molar-refractivity contribution in [1.29, 1.82) is 0 Å². The first-order valence-corrected chi connectivity index (χ1v) is 9.54. The minimum atomic E-state index is -0.160. The van der Waals surface area contributed by atoms with E-state index in [4.69, 9.17) is 5.73 Å². The molecule has 1 atom stereocenters. The maximum absolute atomic E-state index is 13.2. The molecule has 152 valence electrons. The third kappa shape index (κ3) is 4.56. The van der Waals surface area contributed by atoms with E-state index in [0.29, 0.717) is 31.7 Å². The summed E-state index contributed by atoms with van der Waals surface area (Å²) in [4.78, 5) is 27.2. The van der Waals surface area contributed by atoms with Gasteiger partial charge in [-0.05, 0) is 44.9 Å². The van der Waals surface area contributed by atoms with Gasteiger partial charge < -0.3 is 20.5 Å². The van der Waals surface area contributed by atoms with Crippen LogP contribution < -0.4 is 11.1 Å². The maximum Gasteiger partial charge on any atom is 0.255 e. The van der Waals surface area contributed by atoms with Crippen LogP contribution in [0.25, 0.3) is 5.69 Å². The van der Waals surface area contributed by atoms with Crippen LogP contribution >= 0.6 is 12.4 Å². The van der Waals surface area contributed by atoms with Crippen molar-refractivity contribution in [3.63, 3.8) is 0 Å². The minimum Gasteiger partial charge on any atom is -0.355 e. The molecule has 1 aliphatic heterocycles. The van der Waals surface area contributed by atoms with Crippen LogP contribution in [-0.4, -0.2) is 47.5 Å². The Morgan fingerprint density at radius 2 is 1.93 bits per heavy atom. The topological polar surface area (TPSA) is 80.4 Å². The molecule has 2 amide bonds. The predicted octanol–water partition coefficient (Wildman–Crippen LogP) is 2.44. The van der Waals surface area contributed by atoms with Gasteiger partial charge in [-0.2, -0.15) is 0 Å². The minimum absolute atomic E-state index is 0. The van der Waals surface area contributed by atoms with E-state index in [9.17, 15) is 9.59 Å². The monoisotopic (exact) mass is 404 g/mol. The highest BCUT2D eigenvalue weighted by molar-refractivity contribution is 5.96. The number of benzene rings is 1. The van der Waals surface area contributed by atoms with E-state index < -0.39 is 0 Å². The van der Waals surface area contributed by atoms with E-state index in [1.807, 2.05) is 55.1 Å². The van der Waals surface area contributed by atoms with Gasteiger partial charge in [-0.25, -0.2) is 0 Å². The molecule has 0 aliphatic carbocycles. The van der Waals surface area contributed by atoms with Crippen molar-refractivity contribution in [1.82, 2.24) is 14.8 Å². The van der Waals surface area contributed by atoms with Gasteiger partial charge in [-0.3, -0.25) is 9.59 Å². The van der Waals surface area contributed by atoms with Crippen LogP contribution in [0.15, 0.2) is 36.4 Å². The lowest BCUT2D eigenvalue weighted by Crippen LogP contribution is -2.46. The van der Waals surface area contributed by atoms with Gasteiger partial charge in [-0.15, -0.1) is 12.4 Å². The first-order chi connectivity index (χ1) is 13.0. The predicted molar refractivity (Wildman–Crippen MR) is 113 cm³/mol. The molecule has 2 heterocycles. The van der Waals surface area contributed by atoms with Gasteiger partial charge in [0.15, 0.2) is 0 Å². The van der Waals surface area contributed by atoms with Gasteiger partial charge in [0, 0.05) is 43.3 Å². The molecular formula is C21H29ClN4O2. The van der Waals surface area contributed by atoms with E-state index >= 15 is 0 Å². The van der Waals surface area contributed by atoms with Gasteiger partial charge in [0.05, 0.1) is 11.5 Å². The lowest BCUT2D eigenvalue weighted by atomic mass is 9.96. The summed E-state index contributed by atoms with van der Waals surface area (Å²) < 4.78 is 2.10. The van der Waals surface area contributed by atoms with E-state index in [1.165, 1.54) is 0 Å². The molecule has 0 spiro atoms. The summed E-state index contributed by atoms with van der Waals surface area (Å²) in [6.07, 6.45) is 1.65. The Morgan fingerprint density at radius 1 is 1.21 bits per heavy atom. The van der Waals surface area contributed by atoms with Crippen LogP contribution in [0.3, 0.4) is 0 Å². The highest BCUT2D eigenvalue weighted by Gasteiger charge is 2.30. The molecule has 1 aliphatic rings. The molecule has 0 radical (unpaired) electrons. The lowest BCUT2D eigenvalue weighted by molar-refractivity contribution is -0.126. The van der Waals surface area contributed by atoms with E-state index in [2.05, 4.69) is 9.88 Å². The second-order valence-electron chi connectivity index (χ2n) is 7.13. The molecule has 0 saturated carbocycles. The standard InChI is InChI=1S/C21H28N4O2.ClH/c1-15-13-19(16(2)25(15)18-8-4-3-5-9-18)21(27)24-12-6-7-17(14-24)20(26)23-11-10-22;/h3-5,8-9,13,17H,6-7,10-12,14,22H2,1-2H3,(H,23,26);1H. The number of hydrogen-bond acceptors (Lipinski definition) is 3. The summed E-state index contributed by atoms with van der Waals surface area (Å²) in [6, 6.07) is 12.0. The number of carbonyl (C=O) groups is 2. The number of nitrogens with zero attached hydrogens (tertiary/aromatic N) is 2. The summed E-state index contributed by atoms with van der Waals surface area (Å²) >= 11 is 0. The number of para-hydroxylation sites is 1. The normalized spacial score (nSPS) is 16.4. The maximum atomic E-state index is 13.2. The number of likely N-dealkylation sites (tertiary alicyclic amines) is 1. The fourth-order valence-corrected chi connectivity index (χ4v) is 3.84. The fourth-order valence-electron chi connectivity index (χ4n) is 3.84. The number of aryl methyl sites for hydroxylation is 1. The number of halogens is 1. The van der Waals surface area contributed by atoms with Crippen molar-refractivity contribution in [3.8, 4) is 5.69 Å². The molecule has 1 saturated heterocycles. The Bertz CT molecular complexity index is 819. The average Bonchev–Trinajstić information content (AvgIpc) is 3.00. The number of rotatable bonds is 5. The third-order valence-electron chi connectivity index (χ3n) is 5.20. The number of carbonyl (C=O) groups excluding carboxylic acids is 2. The first kappa shape index (κ1) is 22.0. The highest BCUT2D eigenvalue weighted by atomic mass is 35.5. The van der Waals surface area contributed by atoms with Gasteiger partial charge in [0.1, 0.15) is 0 Å². The summed E-state index contributed by atoms with van der Waals surface area (Å²) in [7, 11) is 0. The SMILES string of the molecule is Cc1cc(C(=O)N2CCCC(C(=O)NCCN)C2)c(C)n1-c1ccccc1.Cl. The Hall–Kier alpha value is -2.31. The Balaban J connectivity index is 0.00000280. The summed E-state index contributed by atoms with van der Waals surface area (Å²) in [5.74, 6) is -0.166. The van der Waals surface area contributed by atoms with Crippen molar-refractivity contribution in [2.24, 2.45) is 11.7 Å². The van der Waals surface area contributed by atoms with Gasteiger partial charge in [0.2, 0.25) is 5.91 Å². The van der Waals surface area contributed by atoms with Crippen molar-refractivity contribution in [2.45, 2.75) is 26.7 Å². The Kier molecular flexibility index (Phi) is 7.66. The summed E-state index contributed by atoms with van der Waals surface area (Å²) in [5, 5.41) is 2.84. The van der Waals surface area contributed by atoms with Crippen LogP contribution in [-0.2, 0) is 4.79 Å². The van der Waals surface area contributed by atoms with E-state index in [0.717, 1.165) is 29.9 Å². The van der Waals surface area contributed by atoms with Crippen LogP contribution in [0, 0.1) is 19.8 Å². The van der Waals surface area contributed by atoms with Crippen LogP contribution in [0.2, 0.25) is 0 Å². The van der Waals surface area contributed by atoms with Crippen molar-refractivity contribution in [3.05, 3.63) is 53.3 Å². The van der Waals surface area contributed by atoms with Crippen molar-refractivity contribution < 1.29 is 9.59 Å². The molecule has 1 aromatic heterocycles. The van der Waals surface area contributed by atoms with E-state index in [1.54, 1.807) is 0 Å². The number of nitrogens with two attached hydrogens (primary N) is 1. The molecule has 3 N–H and O–H groups in total. The largest absolute Gasteiger partial charge is 0.355 e. The number of nitrogens with one attached hydrogen (secondary N) is 1. The molecular weight excluding hydrogens is 376 g/mol. The first-order valence-electron chi connectivity index (χ1n) is 9.54. The second-order valence-corrected chi connectivity index (χ2v) is 7.13. The highest BCUT2D eigenvalue weighted by Crippen LogP contribution is 2.24. The van der Waals surface area contributed by atoms with Crippen LogP contribution in [0.1, 0.15) is 34.6 Å². The molecule has 3 rings (SSSR count). The molecule has 1 unspecified atom stereocenters. The second kappa shape index (κ2) is 9.75. The zero-order valence-corrected chi connectivity index (χ0v) is 17.3. The molecule has 1 aromatic carbocycles. The smallest absolute Gasteiger partial charge is 0.255 e. The molecule has 1 fully saturated rings. The van der Waals surface area contributed by atoms with Gasteiger partial charge in [-0.1, -0.05) is 18.2 Å². The molecule has 0 bridgehead atoms. The summed E-state index contributed by atoms with van der Waals surface area (Å²) in [6.45, 7) is 6.03. The molecule has 7 heteroatoms. The number of amides is 2. The Labute approximate surface area is 172 Å². The zero-order chi connectivity index (χ0) is 19.4. The summed E-state index contributed by atoms with van der Waals surface area (Å²) in [5.41, 5.74) is 9.16. The van der Waals surface area contributed by atoms with Crippen LogP contribution in [0.5, 0.6) is 0 Å². The third-order valence-corrected chi connectivity index (χ3v) is 5.20.